The van der Waals surface area contributed by atoms with Gasteiger partial charge in [-0.2, -0.15) is 10.2 Å². The number of hydrogen-bond acceptors (Lipinski definition) is 3. The predicted octanol–water partition coefficient (Wildman–Crippen LogP) is 2.33. The first-order valence-electron chi connectivity index (χ1n) is 7.80. The molecule has 3 heterocycles. The molecule has 21 heavy (non-hydrogen) atoms. The molecule has 0 bridgehead atoms. The van der Waals surface area contributed by atoms with Gasteiger partial charge in [0, 0.05) is 31.0 Å². The first-order chi connectivity index (χ1) is 10.0. The smallest absolute Gasteiger partial charge is 0.0661 e. The molecule has 1 saturated heterocycles. The van der Waals surface area contributed by atoms with Crippen LogP contribution in [-0.2, 0) is 6.42 Å². The number of aryl methyl sites for hydroxylation is 4. The van der Waals surface area contributed by atoms with Crippen LogP contribution in [0.2, 0.25) is 0 Å². The van der Waals surface area contributed by atoms with Crippen molar-refractivity contribution < 1.29 is 0 Å². The quantitative estimate of drug-likeness (QED) is 0.939. The fourth-order valence-electron chi connectivity index (χ4n) is 3.44. The van der Waals surface area contributed by atoms with Crippen molar-refractivity contribution in [2.75, 3.05) is 19.6 Å². The van der Waals surface area contributed by atoms with Crippen LogP contribution in [0.3, 0.4) is 0 Å². The van der Waals surface area contributed by atoms with Gasteiger partial charge in [0.1, 0.15) is 0 Å². The van der Waals surface area contributed by atoms with E-state index in [1.165, 1.54) is 29.9 Å². The molecule has 1 atom stereocenters. The van der Waals surface area contributed by atoms with Gasteiger partial charge in [-0.3, -0.25) is 9.78 Å². The third kappa shape index (κ3) is 2.88. The molecule has 5 nitrogen and oxygen atoms in total. The summed E-state index contributed by atoms with van der Waals surface area (Å²) in [5.74, 6) is 0. The Morgan fingerprint density at radius 1 is 1.29 bits per heavy atom. The topological polar surface area (TPSA) is 49.7 Å². The van der Waals surface area contributed by atoms with Gasteiger partial charge in [-0.1, -0.05) is 0 Å². The van der Waals surface area contributed by atoms with E-state index in [2.05, 4.69) is 58.6 Å². The van der Waals surface area contributed by atoms with Crippen LogP contribution < -0.4 is 0 Å². The molecular formula is C16H25N5. The Kier molecular flexibility index (Phi) is 3.85. The van der Waals surface area contributed by atoms with Crippen molar-refractivity contribution in [1.29, 1.82) is 0 Å². The molecular weight excluding hydrogens is 262 g/mol. The van der Waals surface area contributed by atoms with E-state index in [-0.39, 0.29) is 0 Å². The van der Waals surface area contributed by atoms with Crippen LogP contribution in [0.5, 0.6) is 0 Å². The largest absolute Gasteiger partial charge is 0.301 e. The van der Waals surface area contributed by atoms with Gasteiger partial charge in [-0.25, -0.2) is 0 Å². The van der Waals surface area contributed by atoms with Crippen LogP contribution in [0.4, 0.5) is 0 Å². The van der Waals surface area contributed by atoms with Crippen molar-refractivity contribution in [1.82, 2.24) is 24.9 Å². The van der Waals surface area contributed by atoms with Gasteiger partial charge in [0.05, 0.1) is 17.4 Å². The van der Waals surface area contributed by atoms with Crippen LogP contribution in [0.25, 0.3) is 0 Å². The van der Waals surface area contributed by atoms with Crippen LogP contribution in [0.1, 0.15) is 40.8 Å². The molecule has 0 aromatic carbocycles. The van der Waals surface area contributed by atoms with Gasteiger partial charge >= 0.3 is 0 Å². The molecule has 0 radical (unpaired) electrons. The van der Waals surface area contributed by atoms with Crippen molar-refractivity contribution in [3.05, 3.63) is 34.4 Å². The second kappa shape index (κ2) is 5.64. The van der Waals surface area contributed by atoms with E-state index in [4.69, 9.17) is 0 Å². The van der Waals surface area contributed by atoms with E-state index in [0.29, 0.717) is 6.04 Å². The van der Waals surface area contributed by atoms with Crippen molar-refractivity contribution >= 4 is 0 Å². The number of nitrogens with one attached hydrogen (secondary N) is 1. The lowest BCUT2D eigenvalue weighted by molar-refractivity contribution is 0.321. The average molecular weight is 287 g/mol. The molecule has 114 valence electrons. The monoisotopic (exact) mass is 287 g/mol. The number of aromatic amines is 1. The van der Waals surface area contributed by atoms with E-state index in [1.54, 1.807) is 0 Å². The summed E-state index contributed by atoms with van der Waals surface area (Å²) in [4.78, 5) is 2.55. The zero-order chi connectivity index (χ0) is 15.0. The SMILES string of the molecule is Cc1cc(C)n(C2CCN(CCc3c(C)n[nH]c3C)C2)n1. The summed E-state index contributed by atoms with van der Waals surface area (Å²) in [7, 11) is 0. The van der Waals surface area contributed by atoms with Gasteiger partial charge in [-0.05, 0) is 52.2 Å². The molecule has 0 amide bonds. The Bertz CT molecular complexity index is 605. The summed E-state index contributed by atoms with van der Waals surface area (Å²) in [5.41, 5.74) is 6.13. The van der Waals surface area contributed by atoms with Crippen molar-refractivity contribution in [3.63, 3.8) is 0 Å². The third-order valence-corrected chi connectivity index (χ3v) is 4.60. The molecule has 0 aliphatic carbocycles. The lowest BCUT2D eigenvalue weighted by atomic mass is 10.1. The minimum Gasteiger partial charge on any atom is -0.301 e. The first-order valence-corrected chi connectivity index (χ1v) is 7.80. The average Bonchev–Trinajstić information content (AvgIpc) is 3.10. The second-order valence-corrected chi connectivity index (χ2v) is 6.28. The lowest BCUT2D eigenvalue weighted by Crippen LogP contribution is -2.25. The third-order valence-electron chi connectivity index (χ3n) is 4.60. The van der Waals surface area contributed by atoms with Gasteiger partial charge in [0.25, 0.3) is 0 Å². The summed E-state index contributed by atoms with van der Waals surface area (Å²) in [6.45, 7) is 11.8. The van der Waals surface area contributed by atoms with Crippen molar-refractivity contribution in [2.24, 2.45) is 0 Å². The molecule has 1 fully saturated rings. The summed E-state index contributed by atoms with van der Waals surface area (Å²) < 4.78 is 2.21. The minimum absolute atomic E-state index is 0.533. The fraction of sp³-hybridized carbons (Fsp3) is 0.625. The Balaban J connectivity index is 1.59. The number of likely N-dealkylation sites (tertiary alicyclic amines) is 1. The second-order valence-electron chi connectivity index (χ2n) is 6.28. The number of nitrogens with zero attached hydrogens (tertiary/aromatic N) is 4. The van der Waals surface area contributed by atoms with E-state index >= 15 is 0 Å². The minimum atomic E-state index is 0.533. The number of hydrogen-bond donors (Lipinski definition) is 1. The van der Waals surface area contributed by atoms with E-state index in [9.17, 15) is 0 Å². The zero-order valence-corrected chi connectivity index (χ0v) is 13.5. The maximum Gasteiger partial charge on any atom is 0.0661 e. The highest BCUT2D eigenvalue weighted by molar-refractivity contribution is 5.23. The molecule has 1 N–H and O–H groups in total. The maximum atomic E-state index is 4.64. The number of rotatable bonds is 4. The fourth-order valence-corrected chi connectivity index (χ4v) is 3.44. The Morgan fingerprint density at radius 2 is 2.10 bits per heavy atom. The first kappa shape index (κ1) is 14.3. The molecule has 3 rings (SSSR count). The lowest BCUT2D eigenvalue weighted by Gasteiger charge is -2.17. The molecule has 1 aliphatic heterocycles. The molecule has 0 spiro atoms. The summed E-state index contributed by atoms with van der Waals surface area (Å²) in [6.07, 6.45) is 2.28. The van der Waals surface area contributed by atoms with Gasteiger partial charge in [-0.15, -0.1) is 0 Å². The predicted molar refractivity (Wildman–Crippen MR) is 83.6 cm³/mol. The zero-order valence-electron chi connectivity index (χ0n) is 13.5. The molecule has 0 saturated carbocycles. The van der Waals surface area contributed by atoms with Gasteiger partial charge < -0.3 is 4.90 Å². The highest BCUT2D eigenvalue weighted by Gasteiger charge is 2.25. The highest BCUT2D eigenvalue weighted by Crippen LogP contribution is 2.23. The molecule has 5 heteroatoms. The van der Waals surface area contributed by atoms with Crippen LogP contribution in [-0.4, -0.2) is 44.5 Å². The van der Waals surface area contributed by atoms with Gasteiger partial charge in [0.2, 0.25) is 0 Å². The van der Waals surface area contributed by atoms with Crippen LogP contribution >= 0.6 is 0 Å². The van der Waals surface area contributed by atoms with E-state index in [0.717, 1.165) is 30.9 Å². The Morgan fingerprint density at radius 3 is 2.71 bits per heavy atom. The highest BCUT2D eigenvalue weighted by atomic mass is 15.3. The van der Waals surface area contributed by atoms with Crippen LogP contribution in [0.15, 0.2) is 6.07 Å². The summed E-state index contributed by atoms with van der Waals surface area (Å²) in [6, 6.07) is 2.70. The number of aromatic nitrogens is 4. The molecule has 1 aliphatic rings. The molecule has 2 aromatic rings. The van der Waals surface area contributed by atoms with Crippen molar-refractivity contribution in [2.45, 2.75) is 46.6 Å². The van der Waals surface area contributed by atoms with Gasteiger partial charge in [0.15, 0.2) is 0 Å². The summed E-state index contributed by atoms with van der Waals surface area (Å²) >= 11 is 0. The van der Waals surface area contributed by atoms with Crippen LogP contribution in [0, 0.1) is 27.7 Å². The van der Waals surface area contributed by atoms with E-state index < -0.39 is 0 Å². The normalized spacial score (nSPS) is 19.5. The molecule has 1 unspecified atom stereocenters. The molecule has 2 aromatic heterocycles. The van der Waals surface area contributed by atoms with Crippen molar-refractivity contribution in [3.8, 4) is 0 Å². The van der Waals surface area contributed by atoms with E-state index in [1.807, 2.05) is 0 Å². The number of H-pyrrole nitrogens is 1. The Labute approximate surface area is 126 Å². The standard InChI is InChI=1S/C16H25N5/c1-11-9-12(2)21(19-11)15-5-7-20(10-15)8-6-16-13(3)17-18-14(16)4/h9,15H,5-8,10H2,1-4H3,(H,17,18). The maximum absolute atomic E-state index is 4.64. The Hall–Kier alpha value is -1.62. The summed E-state index contributed by atoms with van der Waals surface area (Å²) in [5, 5.41) is 12.0.